The van der Waals surface area contributed by atoms with Crippen LogP contribution in [0.25, 0.3) is 0 Å². The molecular weight excluding hydrogens is 288 g/mol. The molecule has 0 amide bonds. The first-order chi connectivity index (χ1) is 9.66. The number of hydrogen-bond acceptors (Lipinski definition) is 2. The second kappa shape index (κ2) is 5.90. The number of rotatable bonds is 2. The molecule has 1 saturated heterocycles. The van der Waals surface area contributed by atoms with Crippen LogP contribution in [0.4, 0.5) is 5.69 Å². The van der Waals surface area contributed by atoms with E-state index < -0.39 is 0 Å². The quantitative estimate of drug-likeness (QED) is 0.833. The molecule has 1 saturated carbocycles. The van der Waals surface area contributed by atoms with Crippen molar-refractivity contribution >= 4 is 34.5 Å². The summed E-state index contributed by atoms with van der Waals surface area (Å²) in [5.74, 6) is 0.840. The van der Waals surface area contributed by atoms with Gasteiger partial charge in [0, 0.05) is 28.9 Å². The zero-order valence-electron chi connectivity index (χ0n) is 11.6. The van der Waals surface area contributed by atoms with Crippen LogP contribution in [0.3, 0.4) is 0 Å². The number of nitrogens with two attached hydrogens (primary N) is 1. The van der Waals surface area contributed by atoms with Gasteiger partial charge in [0.05, 0.1) is 0 Å². The lowest BCUT2D eigenvalue weighted by atomic mass is 9.78. The zero-order chi connectivity index (χ0) is 14.1. The predicted molar refractivity (Wildman–Crippen MR) is 89.7 cm³/mol. The van der Waals surface area contributed by atoms with E-state index in [4.69, 9.17) is 29.6 Å². The Labute approximate surface area is 131 Å². The normalized spacial score (nSPS) is 26.1. The van der Waals surface area contributed by atoms with Gasteiger partial charge in [-0.2, -0.15) is 0 Å². The molecule has 0 spiro atoms. The minimum Gasteiger partial charge on any atom is -0.389 e. The SMILES string of the molecule is NC(=S)c1cc(Cl)ccc1N1CCC[C@H]2CCCC[C@H]21. The summed E-state index contributed by atoms with van der Waals surface area (Å²) < 4.78 is 0. The zero-order valence-corrected chi connectivity index (χ0v) is 13.2. The molecule has 1 heterocycles. The van der Waals surface area contributed by atoms with Gasteiger partial charge >= 0.3 is 0 Å². The number of thiocarbonyl (C=S) groups is 1. The molecule has 0 bridgehead atoms. The molecule has 1 aliphatic carbocycles. The molecule has 3 rings (SSSR count). The summed E-state index contributed by atoms with van der Waals surface area (Å²) in [5.41, 5.74) is 8.01. The Morgan fingerprint density at radius 1 is 1.20 bits per heavy atom. The number of fused-ring (bicyclic) bond motifs is 1. The highest BCUT2D eigenvalue weighted by Gasteiger charge is 2.34. The van der Waals surface area contributed by atoms with Gasteiger partial charge in [0.25, 0.3) is 0 Å². The van der Waals surface area contributed by atoms with Crippen molar-refractivity contribution in [1.29, 1.82) is 0 Å². The third-order valence-corrected chi connectivity index (χ3v) is 5.23. The fraction of sp³-hybridized carbons (Fsp3) is 0.562. The van der Waals surface area contributed by atoms with Crippen LogP contribution in [0.2, 0.25) is 5.02 Å². The average Bonchev–Trinajstić information content (AvgIpc) is 2.46. The minimum atomic E-state index is 0.445. The van der Waals surface area contributed by atoms with E-state index in [1.807, 2.05) is 12.1 Å². The summed E-state index contributed by atoms with van der Waals surface area (Å²) in [7, 11) is 0. The van der Waals surface area contributed by atoms with Crippen molar-refractivity contribution in [3.8, 4) is 0 Å². The molecule has 4 heteroatoms. The van der Waals surface area contributed by atoms with Gasteiger partial charge in [-0.25, -0.2) is 0 Å². The van der Waals surface area contributed by atoms with E-state index in [0.29, 0.717) is 16.1 Å². The van der Waals surface area contributed by atoms with Gasteiger partial charge in [0.1, 0.15) is 4.99 Å². The first-order valence-corrected chi connectivity index (χ1v) is 8.31. The number of halogens is 1. The molecule has 108 valence electrons. The monoisotopic (exact) mass is 308 g/mol. The number of hydrogen-bond donors (Lipinski definition) is 1. The first kappa shape index (κ1) is 14.2. The maximum absolute atomic E-state index is 6.10. The van der Waals surface area contributed by atoms with E-state index >= 15 is 0 Å². The maximum Gasteiger partial charge on any atom is 0.106 e. The molecule has 2 atom stereocenters. The van der Waals surface area contributed by atoms with E-state index in [9.17, 15) is 0 Å². The molecule has 0 unspecified atom stereocenters. The van der Waals surface area contributed by atoms with Gasteiger partial charge in [0.2, 0.25) is 0 Å². The fourth-order valence-electron chi connectivity index (χ4n) is 3.88. The molecule has 1 aromatic rings. The second-order valence-corrected chi connectivity index (χ2v) is 6.85. The van der Waals surface area contributed by atoms with Crippen molar-refractivity contribution in [2.75, 3.05) is 11.4 Å². The van der Waals surface area contributed by atoms with Crippen molar-refractivity contribution in [2.24, 2.45) is 11.7 Å². The Balaban J connectivity index is 1.96. The Morgan fingerprint density at radius 3 is 2.75 bits per heavy atom. The van der Waals surface area contributed by atoms with Gasteiger partial charge in [-0.15, -0.1) is 0 Å². The summed E-state index contributed by atoms with van der Waals surface area (Å²) in [6, 6.07) is 6.61. The highest BCUT2D eigenvalue weighted by Crippen LogP contribution is 2.39. The van der Waals surface area contributed by atoms with E-state index in [-0.39, 0.29) is 0 Å². The topological polar surface area (TPSA) is 29.3 Å². The van der Waals surface area contributed by atoms with E-state index in [0.717, 1.165) is 18.0 Å². The van der Waals surface area contributed by atoms with Crippen LogP contribution in [0.5, 0.6) is 0 Å². The highest BCUT2D eigenvalue weighted by molar-refractivity contribution is 7.80. The maximum atomic E-state index is 6.10. The summed E-state index contributed by atoms with van der Waals surface area (Å²) in [6.45, 7) is 1.11. The number of anilines is 1. The predicted octanol–water partition coefficient (Wildman–Crippen LogP) is 4.13. The third-order valence-electron chi connectivity index (χ3n) is 4.78. The first-order valence-electron chi connectivity index (χ1n) is 7.53. The molecule has 0 radical (unpaired) electrons. The summed E-state index contributed by atoms with van der Waals surface area (Å²) in [6.07, 6.45) is 8.03. The average molecular weight is 309 g/mol. The largest absolute Gasteiger partial charge is 0.389 e. The minimum absolute atomic E-state index is 0.445. The molecule has 2 aliphatic rings. The lowest BCUT2D eigenvalue weighted by Crippen LogP contribution is -2.47. The van der Waals surface area contributed by atoms with Gasteiger partial charge in [0.15, 0.2) is 0 Å². The van der Waals surface area contributed by atoms with Gasteiger partial charge in [-0.3, -0.25) is 0 Å². The van der Waals surface area contributed by atoms with Crippen molar-refractivity contribution < 1.29 is 0 Å². The molecule has 2 N–H and O–H groups in total. The van der Waals surface area contributed by atoms with Gasteiger partial charge < -0.3 is 10.6 Å². The van der Waals surface area contributed by atoms with E-state index in [1.54, 1.807) is 0 Å². The number of benzene rings is 1. The van der Waals surface area contributed by atoms with Crippen LogP contribution in [0.15, 0.2) is 18.2 Å². The Hall–Kier alpha value is -0.800. The second-order valence-electron chi connectivity index (χ2n) is 5.97. The highest BCUT2D eigenvalue weighted by atomic mass is 35.5. The summed E-state index contributed by atoms with van der Waals surface area (Å²) in [4.78, 5) is 2.98. The number of nitrogens with zero attached hydrogens (tertiary/aromatic N) is 1. The molecule has 1 aromatic carbocycles. The smallest absolute Gasteiger partial charge is 0.106 e. The van der Waals surface area contributed by atoms with Crippen LogP contribution in [-0.4, -0.2) is 17.6 Å². The van der Waals surface area contributed by atoms with Crippen molar-refractivity contribution in [3.05, 3.63) is 28.8 Å². The van der Waals surface area contributed by atoms with Crippen LogP contribution >= 0.6 is 23.8 Å². The lowest BCUT2D eigenvalue weighted by molar-refractivity contribution is 0.244. The Bertz CT molecular complexity index is 515. The van der Waals surface area contributed by atoms with Crippen molar-refractivity contribution in [2.45, 2.75) is 44.6 Å². The molecule has 2 fully saturated rings. The van der Waals surface area contributed by atoms with Crippen molar-refractivity contribution in [1.82, 2.24) is 0 Å². The van der Waals surface area contributed by atoms with Gasteiger partial charge in [-0.05, 0) is 49.8 Å². The van der Waals surface area contributed by atoms with Crippen molar-refractivity contribution in [3.63, 3.8) is 0 Å². The number of piperidine rings is 1. The molecule has 1 aliphatic heterocycles. The Morgan fingerprint density at radius 2 is 1.95 bits per heavy atom. The molecule has 0 aromatic heterocycles. The van der Waals surface area contributed by atoms with Crippen LogP contribution in [-0.2, 0) is 0 Å². The third kappa shape index (κ3) is 2.66. The molecule has 20 heavy (non-hydrogen) atoms. The standard InChI is InChI=1S/C16H21ClN2S/c17-12-7-8-15(13(10-12)16(18)20)19-9-3-5-11-4-1-2-6-14(11)19/h7-8,10-11,14H,1-6,9H2,(H2,18,20)/t11-,14-/m1/s1. The Kier molecular flexibility index (Phi) is 4.18. The van der Waals surface area contributed by atoms with Crippen LogP contribution in [0, 0.1) is 5.92 Å². The summed E-state index contributed by atoms with van der Waals surface area (Å²) >= 11 is 11.3. The fourth-order valence-corrected chi connectivity index (χ4v) is 4.22. The van der Waals surface area contributed by atoms with Gasteiger partial charge in [-0.1, -0.05) is 36.7 Å². The van der Waals surface area contributed by atoms with Crippen LogP contribution < -0.4 is 10.6 Å². The lowest BCUT2D eigenvalue weighted by Gasteiger charge is -2.46. The summed E-state index contributed by atoms with van der Waals surface area (Å²) in [5, 5.41) is 0.703. The van der Waals surface area contributed by atoms with Crippen LogP contribution in [0.1, 0.15) is 44.1 Å². The van der Waals surface area contributed by atoms with E-state index in [2.05, 4.69) is 11.0 Å². The molecular formula is C16H21ClN2S. The van der Waals surface area contributed by atoms with E-state index in [1.165, 1.54) is 44.2 Å². The molecule has 2 nitrogen and oxygen atoms in total.